The normalized spacial score (nSPS) is 15.6. The number of aliphatic carboxylic acids is 1. The lowest BCUT2D eigenvalue weighted by atomic mass is 10.1. The van der Waals surface area contributed by atoms with Crippen molar-refractivity contribution in [3.8, 4) is 11.5 Å². The summed E-state index contributed by atoms with van der Waals surface area (Å²) in [6.45, 7) is 2.84. The first-order valence-electron chi connectivity index (χ1n) is 7.50. The number of benzene rings is 1. The molecule has 1 fully saturated rings. The number of ether oxygens (including phenoxy) is 2. The summed E-state index contributed by atoms with van der Waals surface area (Å²) >= 11 is 3.24. The zero-order valence-corrected chi connectivity index (χ0v) is 15.7. The van der Waals surface area contributed by atoms with E-state index in [1.165, 1.54) is 31.4 Å². The molecule has 1 aliphatic heterocycles. The lowest BCUT2D eigenvalue weighted by Gasteiger charge is -2.25. The first-order valence-corrected chi connectivity index (χ1v) is 8.29. The molecule has 0 bridgehead atoms. The van der Waals surface area contributed by atoms with Gasteiger partial charge in [0.25, 0.3) is 11.8 Å². The number of imide groups is 2. The van der Waals surface area contributed by atoms with E-state index in [0.717, 1.165) is 4.90 Å². The van der Waals surface area contributed by atoms with Gasteiger partial charge in [0.1, 0.15) is 5.57 Å². The molecule has 1 aromatic carbocycles. The van der Waals surface area contributed by atoms with Gasteiger partial charge in [0.2, 0.25) is 0 Å². The summed E-state index contributed by atoms with van der Waals surface area (Å²) in [5.41, 5.74) is 0.150. The van der Waals surface area contributed by atoms with Gasteiger partial charge in [-0.1, -0.05) is 6.08 Å². The molecule has 0 saturated carbocycles. The van der Waals surface area contributed by atoms with Crippen LogP contribution in [0.2, 0.25) is 0 Å². The molecule has 9 nitrogen and oxygen atoms in total. The Morgan fingerprint density at radius 2 is 2.07 bits per heavy atom. The molecule has 0 aromatic heterocycles. The van der Waals surface area contributed by atoms with Crippen molar-refractivity contribution in [1.82, 2.24) is 10.2 Å². The van der Waals surface area contributed by atoms with Gasteiger partial charge >= 0.3 is 12.0 Å². The number of carbonyl (C=O) groups is 4. The Bertz CT molecular complexity index is 863. The monoisotopic (exact) mass is 438 g/mol. The third-order valence-corrected chi connectivity index (χ3v) is 3.99. The number of halogens is 1. The van der Waals surface area contributed by atoms with Crippen LogP contribution in [0.4, 0.5) is 4.79 Å². The van der Waals surface area contributed by atoms with Gasteiger partial charge in [-0.05, 0) is 39.7 Å². The van der Waals surface area contributed by atoms with E-state index in [-0.39, 0.29) is 23.6 Å². The molecule has 4 amide bonds. The van der Waals surface area contributed by atoms with E-state index in [0.29, 0.717) is 10.0 Å². The van der Waals surface area contributed by atoms with Crippen LogP contribution in [-0.4, -0.2) is 54.1 Å². The number of amides is 4. The van der Waals surface area contributed by atoms with Gasteiger partial charge in [-0.25, -0.2) is 9.59 Å². The maximum absolute atomic E-state index is 12.4. The summed E-state index contributed by atoms with van der Waals surface area (Å²) < 4.78 is 10.7. The van der Waals surface area contributed by atoms with Crippen molar-refractivity contribution in [2.24, 2.45) is 0 Å². The summed E-state index contributed by atoms with van der Waals surface area (Å²) in [4.78, 5) is 47.7. The number of urea groups is 1. The van der Waals surface area contributed by atoms with Crippen LogP contribution in [0, 0.1) is 0 Å². The number of carboxylic acid groups (broad SMARTS) is 1. The fourth-order valence-corrected chi connectivity index (χ4v) is 2.83. The van der Waals surface area contributed by atoms with Crippen LogP contribution in [0.1, 0.15) is 5.56 Å². The molecule has 27 heavy (non-hydrogen) atoms. The molecule has 142 valence electrons. The Kier molecular flexibility index (Phi) is 6.35. The first-order chi connectivity index (χ1) is 12.8. The van der Waals surface area contributed by atoms with Crippen molar-refractivity contribution < 1.29 is 33.8 Å². The van der Waals surface area contributed by atoms with Gasteiger partial charge in [0.15, 0.2) is 18.1 Å². The maximum Gasteiger partial charge on any atom is 0.341 e. The lowest BCUT2D eigenvalue weighted by Crippen LogP contribution is -2.54. The number of methoxy groups -OCH3 is 1. The number of carboxylic acids is 1. The first kappa shape index (κ1) is 20.2. The number of rotatable bonds is 7. The highest BCUT2D eigenvalue weighted by Gasteiger charge is 2.35. The third kappa shape index (κ3) is 4.53. The third-order valence-electron chi connectivity index (χ3n) is 3.40. The van der Waals surface area contributed by atoms with Gasteiger partial charge < -0.3 is 14.6 Å². The van der Waals surface area contributed by atoms with Gasteiger partial charge in [0, 0.05) is 6.54 Å². The maximum atomic E-state index is 12.4. The highest BCUT2D eigenvalue weighted by atomic mass is 79.9. The molecular formula is C17H15BrN2O7. The Labute approximate surface area is 162 Å². The standard InChI is InChI=1S/C17H15BrN2O7/c1-3-4-20-16(24)10(15(23)19-17(20)25)5-9-6-11(18)14(12(7-9)26-2)27-8-13(21)22/h3,5-7H,1,4,8H2,2H3,(H,21,22)(H,19,23,25)/b10-5-. The predicted octanol–water partition coefficient (Wildman–Crippen LogP) is 1.57. The van der Waals surface area contributed by atoms with E-state index in [1.54, 1.807) is 0 Å². The summed E-state index contributed by atoms with van der Waals surface area (Å²) in [5.74, 6) is -2.40. The molecule has 10 heteroatoms. The summed E-state index contributed by atoms with van der Waals surface area (Å²) in [5, 5.41) is 10.8. The Hall–Kier alpha value is -3.14. The second kappa shape index (κ2) is 8.49. The zero-order chi connectivity index (χ0) is 20.1. The second-order valence-corrected chi connectivity index (χ2v) is 6.09. The smallest absolute Gasteiger partial charge is 0.341 e. The molecule has 1 aliphatic rings. The highest BCUT2D eigenvalue weighted by Crippen LogP contribution is 2.37. The largest absolute Gasteiger partial charge is 0.493 e. The highest BCUT2D eigenvalue weighted by molar-refractivity contribution is 9.10. The van der Waals surface area contributed by atoms with E-state index < -0.39 is 30.4 Å². The van der Waals surface area contributed by atoms with Crippen LogP contribution in [0.25, 0.3) is 6.08 Å². The van der Waals surface area contributed by atoms with Crippen molar-refractivity contribution in [2.75, 3.05) is 20.3 Å². The number of nitrogens with zero attached hydrogens (tertiary/aromatic N) is 1. The Morgan fingerprint density at radius 1 is 1.37 bits per heavy atom. The SMILES string of the molecule is C=CCN1C(=O)NC(=O)/C(=C/c2cc(Br)c(OCC(=O)O)c(OC)c2)C1=O. The average Bonchev–Trinajstić information content (AvgIpc) is 2.60. The number of hydrogen-bond donors (Lipinski definition) is 2. The average molecular weight is 439 g/mol. The molecule has 2 rings (SSSR count). The molecule has 0 unspecified atom stereocenters. The van der Waals surface area contributed by atoms with Crippen molar-refractivity contribution in [1.29, 1.82) is 0 Å². The molecular weight excluding hydrogens is 424 g/mol. The van der Waals surface area contributed by atoms with Crippen molar-refractivity contribution in [2.45, 2.75) is 0 Å². The van der Waals surface area contributed by atoms with E-state index in [4.69, 9.17) is 14.6 Å². The molecule has 0 aliphatic carbocycles. The Morgan fingerprint density at radius 3 is 2.67 bits per heavy atom. The predicted molar refractivity (Wildman–Crippen MR) is 97.3 cm³/mol. The minimum atomic E-state index is -1.16. The fourth-order valence-electron chi connectivity index (χ4n) is 2.25. The molecule has 1 heterocycles. The molecule has 0 atom stereocenters. The summed E-state index contributed by atoms with van der Waals surface area (Å²) in [6, 6.07) is 2.16. The van der Waals surface area contributed by atoms with Crippen LogP contribution >= 0.6 is 15.9 Å². The summed E-state index contributed by atoms with van der Waals surface area (Å²) in [7, 11) is 1.36. The van der Waals surface area contributed by atoms with E-state index in [1.807, 2.05) is 0 Å². The fraction of sp³-hybridized carbons (Fsp3) is 0.176. The van der Waals surface area contributed by atoms with E-state index in [9.17, 15) is 19.2 Å². The number of barbiturate groups is 1. The second-order valence-electron chi connectivity index (χ2n) is 5.24. The zero-order valence-electron chi connectivity index (χ0n) is 14.2. The van der Waals surface area contributed by atoms with Gasteiger partial charge in [-0.2, -0.15) is 0 Å². The Balaban J connectivity index is 2.42. The van der Waals surface area contributed by atoms with Gasteiger partial charge in [-0.15, -0.1) is 6.58 Å². The van der Waals surface area contributed by atoms with Crippen LogP contribution < -0.4 is 14.8 Å². The minimum Gasteiger partial charge on any atom is -0.493 e. The van der Waals surface area contributed by atoms with Crippen LogP contribution in [-0.2, 0) is 14.4 Å². The minimum absolute atomic E-state index is 0.0513. The van der Waals surface area contributed by atoms with Crippen molar-refractivity contribution in [3.05, 3.63) is 40.4 Å². The quantitative estimate of drug-likeness (QED) is 0.376. The van der Waals surface area contributed by atoms with Crippen LogP contribution in [0.5, 0.6) is 11.5 Å². The molecule has 2 N–H and O–H groups in total. The number of hydrogen-bond acceptors (Lipinski definition) is 6. The van der Waals surface area contributed by atoms with Gasteiger partial charge in [-0.3, -0.25) is 19.8 Å². The lowest BCUT2D eigenvalue weighted by molar-refractivity contribution is -0.139. The van der Waals surface area contributed by atoms with Crippen molar-refractivity contribution >= 4 is 45.8 Å². The van der Waals surface area contributed by atoms with Crippen LogP contribution in [0.3, 0.4) is 0 Å². The number of nitrogens with one attached hydrogen (secondary N) is 1. The van der Waals surface area contributed by atoms with Gasteiger partial charge in [0.05, 0.1) is 11.6 Å². The van der Waals surface area contributed by atoms with E-state index >= 15 is 0 Å². The van der Waals surface area contributed by atoms with Crippen molar-refractivity contribution in [3.63, 3.8) is 0 Å². The summed E-state index contributed by atoms with van der Waals surface area (Å²) in [6.07, 6.45) is 2.65. The molecule has 1 saturated heterocycles. The van der Waals surface area contributed by atoms with E-state index in [2.05, 4.69) is 27.8 Å². The topological polar surface area (TPSA) is 122 Å². The van der Waals surface area contributed by atoms with Crippen LogP contribution in [0.15, 0.2) is 34.8 Å². The molecule has 1 aromatic rings. The number of carbonyl (C=O) groups excluding carboxylic acids is 3. The molecule has 0 radical (unpaired) electrons. The molecule has 0 spiro atoms.